The van der Waals surface area contributed by atoms with E-state index in [9.17, 15) is 0 Å². The maximum absolute atomic E-state index is 5.74. The molecule has 0 unspecified atom stereocenters. The van der Waals surface area contributed by atoms with Crippen LogP contribution in [0.15, 0.2) is 24.4 Å². The summed E-state index contributed by atoms with van der Waals surface area (Å²) in [5.41, 5.74) is 2.48. The molecule has 2 saturated heterocycles. The summed E-state index contributed by atoms with van der Waals surface area (Å²) in [6, 6.07) is 6.71. The van der Waals surface area contributed by atoms with Crippen LogP contribution in [0.5, 0.6) is 0 Å². The van der Waals surface area contributed by atoms with Crippen molar-refractivity contribution in [2.75, 3.05) is 43.1 Å². The van der Waals surface area contributed by atoms with Gasteiger partial charge in [-0.1, -0.05) is 13.0 Å². The summed E-state index contributed by atoms with van der Waals surface area (Å²) in [5.74, 6) is 2.17. The Morgan fingerprint density at radius 2 is 2.12 bits per heavy atom. The lowest BCUT2D eigenvalue weighted by molar-refractivity contribution is 0.122. The maximum Gasteiger partial charge on any atom is 0.228 e. The average molecular weight is 453 g/mol. The van der Waals surface area contributed by atoms with Crippen molar-refractivity contribution in [1.29, 1.82) is 0 Å². The van der Waals surface area contributed by atoms with Crippen molar-refractivity contribution < 1.29 is 9.47 Å². The van der Waals surface area contributed by atoms with Gasteiger partial charge in [-0.05, 0) is 31.9 Å². The number of hydrogen-bond acceptors (Lipinski definition) is 9. The lowest BCUT2D eigenvalue weighted by Gasteiger charge is -2.27. The fourth-order valence-corrected chi connectivity index (χ4v) is 4.57. The Hall–Kier alpha value is -2.82. The molecule has 5 rings (SSSR count). The second-order valence-electron chi connectivity index (χ2n) is 8.48. The van der Waals surface area contributed by atoms with E-state index in [2.05, 4.69) is 27.4 Å². The number of piperazine rings is 1. The van der Waals surface area contributed by atoms with Crippen LogP contribution in [0, 0.1) is 0 Å². The molecule has 10 nitrogen and oxygen atoms in total. The lowest BCUT2D eigenvalue weighted by atomic mass is 10.2. The lowest BCUT2D eigenvalue weighted by Crippen LogP contribution is -2.44. The molecule has 2 aliphatic rings. The van der Waals surface area contributed by atoms with Gasteiger partial charge in [0.1, 0.15) is 22.5 Å². The van der Waals surface area contributed by atoms with E-state index in [-0.39, 0.29) is 0 Å². The second-order valence-corrected chi connectivity index (χ2v) is 8.48. The molecule has 2 N–H and O–H groups in total. The predicted molar refractivity (Wildman–Crippen MR) is 127 cm³/mol. The first-order valence-electron chi connectivity index (χ1n) is 11.9. The van der Waals surface area contributed by atoms with Crippen LogP contribution >= 0.6 is 0 Å². The van der Waals surface area contributed by atoms with E-state index in [0.717, 1.165) is 61.0 Å². The minimum Gasteiger partial charge on any atom is -0.380 e. The van der Waals surface area contributed by atoms with E-state index < -0.39 is 0 Å². The number of rotatable bonds is 11. The number of anilines is 3. The minimum atomic E-state index is 0.406. The Labute approximate surface area is 193 Å². The van der Waals surface area contributed by atoms with Crippen LogP contribution in [0.4, 0.5) is 17.6 Å². The largest absolute Gasteiger partial charge is 0.380 e. The third kappa shape index (κ3) is 4.64. The highest BCUT2D eigenvalue weighted by molar-refractivity contribution is 5.90. The molecule has 176 valence electrons. The zero-order valence-corrected chi connectivity index (χ0v) is 19.3. The Kier molecular flexibility index (Phi) is 6.65. The van der Waals surface area contributed by atoms with Crippen LogP contribution in [-0.2, 0) is 22.6 Å². The molecule has 3 aromatic rings. The van der Waals surface area contributed by atoms with Gasteiger partial charge < -0.3 is 25.0 Å². The van der Waals surface area contributed by atoms with E-state index >= 15 is 0 Å². The third-order valence-electron chi connectivity index (χ3n) is 6.11. The second kappa shape index (κ2) is 9.98. The van der Waals surface area contributed by atoms with E-state index in [1.165, 1.54) is 0 Å². The Morgan fingerprint density at radius 1 is 1.18 bits per heavy atom. The van der Waals surface area contributed by atoms with Gasteiger partial charge in [0.2, 0.25) is 5.95 Å². The van der Waals surface area contributed by atoms with Crippen molar-refractivity contribution in [2.24, 2.45) is 0 Å². The highest BCUT2D eigenvalue weighted by Crippen LogP contribution is 2.32. The molecule has 0 spiro atoms. The number of nitrogens with one attached hydrogen (secondary N) is 2. The van der Waals surface area contributed by atoms with Gasteiger partial charge in [0.05, 0.1) is 19.8 Å². The first-order valence-corrected chi connectivity index (χ1v) is 11.9. The average Bonchev–Trinajstić information content (AvgIpc) is 3.56. The molecule has 2 aliphatic heterocycles. The Balaban J connectivity index is 1.57. The predicted octanol–water partition coefficient (Wildman–Crippen LogP) is 2.48. The molecule has 5 heterocycles. The molecule has 3 aromatic heterocycles. The molecule has 2 atom stereocenters. The van der Waals surface area contributed by atoms with Gasteiger partial charge in [-0.2, -0.15) is 10.1 Å². The smallest absolute Gasteiger partial charge is 0.228 e. The topological polar surface area (TPSA) is 102 Å². The monoisotopic (exact) mass is 452 g/mol. The van der Waals surface area contributed by atoms with Crippen molar-refractivity contribution in [3.63, 3.8) is 0 Å². The van der Waals surface area contributed by atoms with Crippen molar-refractivity contribution in [3.05, 3.63) is 30.1 Å². The summed E-state index contributed by atoms with van der Waals surface area (Å²) in [7, 11) is 0. The van der Waals surface area contributed by atoms with E-state index in [0.29, 0.717) is 44.3 Å². The van der Waals surface area contributed by atoms with Crippen molar-refractivity contribution in [3.8, 4) is 0 Å². The highest BCUT2D eigenvalue weighted by Gasteiger charge is 2.39. The Morgan fingerprint density at radius 3 is 2.85 bits per heavy atom. The summed E-state index contributed by atoms with van der Waals surface area (Å²) in [5, 5.41) is 11.8. The first kappa shape index (κ1) is 22.0. The number of aromatic nitrogens is 5. The molecule has 33 heavy (non-hydrogen) atoms. The molecule has 0 amide bonds. The van der Waals surface area contributed by atoms with E-state index in [1.54, 1.807) is 6.20 Å². The van der Waals surface area contributed by atoms with Crippen molar-refractivity contribution >= 4 is 28.6 Å². The molecular formula is C23H32N8O2. The summed E-state index contributed by atoms with van der Waals surface area (Å²) < 4.78 is 13.4. The summed E-state index contributed by atoms with van der Waals surface area (Å²) in [6.45, 7) is 8.92. The minimum absolute atomic E-state index is 0.406. The molecule has 0 saturated carbocycles. The summed E-state index contributed by atoms with van der Waals surface area (Å²) >= 11 is 0. The number of fused-ring (bicyclic) bond motifs is 3. The molecular weight excluding hydrogens is 420 g/mol. The Bertz CT molecular complexity index is 1070. The van der Waals surface area contributed by atoms with Gasteiger partial charge in [0, 0.05) is 44.6 Å². The van der Waals surface area contributed by atoms with Crippen LogP contribution in [0.1, 0.15) is 32.4 Å². The zero-order chi connectivity index (χ0) is 22.6. The third-order valence-corrected chi connectivity index (χ3v) is 6.11. The molecule has 0 aliphatic carbocycles. The first-order chi connectivity index (χ1) is 16.3. The van der Waals surface area contributed by atoms with Crippen LogP contribution in [0.2, 0.25) is 0 Å². The molecule has 0 aromatic carbocycles. The zero-order valence-electron chi connectivity index (χ0n) is 19.3. The van der Waals surface area contributed by atoms with Crippen molar-refractivity contribution in [2.45, 2.75) is 51.9 Å². The number of hydrogen-bond donors (Lipinski definition) is 2. The quantitative estimate of drug-likeness (QED) is 0.425. The van der Waals surface area contributed by atoms with Gasteiger partial charge in [-0.15, -0.1) is 0 Å². The highest BCUT2D eigenvalue weighted by atomic mass is 16.5. The van der Waals surface area contributed by atoms with E-state index in [1.807, 2.05) is 29.8 Å². The SMILES string of the molecule is CCCOCCn1nc(COCC)c2nc(N3C[C@@H]4C[C@H]3CN4)nc(Nc3ccccn3)c21. The molecule has 0 radical (unpaired) electrons. The standard InChI is InChI=1S/C23H32N8O2/c1-3-10-33-11-9-31-21-20(18(29-31)15-32-4-2)27-23(30-14-16-12-17(30)13-25-16)28-22(21)26-19-7-5-6-8-24-19/h5-8,16-17,25H,3-4,9-15H2,1-2H3,(H,24,26,27,28)/t16-,17-/m0/s1. The van der Waals surface area contributed by atoms with Gasteiger partial charge in [-0.3, -0.25) is 4.68 Å². The normalized spacial score (nSPS) is 19.6. The van der Waals surface area contributed by atoms with E-state index in [4.69, 9.17) is 24.5 Å². The van der Waals surface area contributed by atoms with Gasteiger partial charge in [0.25, 0.3) is 0 Å². The van der Waals surface area contributed by atoms with Crippen LogP contribution in [0.3, 0.4) is 0 Å². The van der Waals surface area contributed by atoms with Gasteiger partial charge in [-0.25, -0.2) is 9.97 Å². The van der Waals surface area contributed by atoms with Crippen LogP contribution < -0.4 is 15.5 Å². The number of ether oxygens (including phenoxy) is 2. The maximum atomic E-state index is 5.74. The number of nitrogens with zero attached hydrogens (tertiary/aromatic N) is 6. The van der Waals surface area contributed by atoms with Gasteiger partial charge in [0.15, 0.2) is 5.82 Å². The summed E-state index contributed by atoms with van der Waals surface area (Å²) in [6.07, 6.45) is 3.88. The van der Waals surface area contributed by atoms with Gasteiger partial charge >= 0.3 is 0 Å². The fourth-order valence-electron chi connectivity index (χ4n) is 4.57. The molecule has 2 fully saturated rings. The number of pyridine rings is 1. The van der Waals surface area contributed by atoms with Crippen LogP contribution in [0.25, 0.3) is 11.0 Å². The molecule has 10 heteroatoms. The summed E-state index contributed by atoms with van der Waals surface area (Å²) in [4.78, 5) is 16.8. The van der Waals surface area contributed by atoms with Crippen molar-refractivity contribution in [1.82, 2.24) is 30.0 Å². The van der Waals surface area contributed by atoms with Crippen LogP contribution in [-0.4, -0.2) is 69.7 Å². The fraction of sp³-hybridized carbons (Fsp3) is 0.565. The molecule has 2 bridgehead atoms.